The van der Waals surface area contributed by atoms with E-state index in [1.165, 1.54) is 0 Å². The maximum absolute atomic E-state index is 5.54. The van der Waals surface area contributed by atoms with Crippen molar-refractivity contribution in [2.75, 3.05) is 38.2 Å². The largest absolute Gasteiger partial charge is 0.492 e. The van der Waals surface area contributed by atoms with Crippen LogP contribution in [-0.2, 0) is 4.74 Å². The lowest BCUT2D eigenvalue weighted by atomic mass is 10.3. The molecule has 1 saturated heterocycles. The summed E-state index contributed by atoms with van der Waals surface area (Å²) in [7, 11) is 0. The summed E-state index contributed by atoms with van der Waals surface area (Å²) >= 11 is 5.30. The number of morpholine rings is 1. The smallest absolute Gasteiger partial charge is 0.185 e. The Labute approximate surface area is 118 Å². The Bertz CT molecular complexity index is 422. The lowest BCUT2D eigenvalue weighted by molar-refractivity contribution is 0.0252. The van der Waals surface area contributed by atoms with Gasteiger partial charge in [-0.3, -0.25) is 5.43 Å². The van der Waals surface area contributed by atoms with E-state index in [1.54, 1.807) is 0 Å². The van der Waals surface area contributed by atoms with E-state index in [0.717, 1.165) is 37.7 Å². The highest BCUT2D eigenvalue weighted by molar-refractivity contribution is 7.80. The normalized spacial score (nSPS) is 15.8. The van der Waals surface area contributed by atoms with E-state index in [0.29, 0.717) is 11.7 Å². The van der Waals surface area contributed by atoms with Crippen LogP contribution < -0.4 is 15.5 Å². The van der Waals surface area contributed by atoms with Gasteiger partial charge in [0.1, 0.15) is 5.75 Å². The number of nitrogens with zero attached hydrogens (tertiary/aromatic N) is 1. The first-order valence-electron chi connectivity index (χ1n) is 6.41. The molecule has 0 atom stereocenters. The lowest BCUT2D eigenvalue weighted by Gasteiger charge is -2.28. The molecule has 1 aliphatic heterocycles. The molecule has 1 aromatic rings. The monoisotopic (exact) mass is 281 g/mol. The first-order valence-corrected chi connectivity index (χ1v) is 6.82. The molecule has 19 heavy (non-hydrogen) atoms. The van der Waals surface area contributed by atoms with Crippen LogP contribution in [0.5, 0.6) is 5.75 Å². The second-order valence-corrected chi connectivity index (χ2v) is 4.50. The Hall–Kier alpha value is -1.37. The first-order chi connectivity index (χ1) is 9.29. The molecular formula is C13H19N3O2S. The van der Waals surface area contributed by atoms with Crippen LogP contribution in [0.1, 0.15) is 6.92 Å². The van der Waals surface area contributed by atoms with E-state index in [-0.39, 0.29) is 0 Å². The van der Waals surface area contributed by atoms with Crippen molar-refractivity contribution in [3.63, 3.8) is 0 Å². The quantitative estimate of drug-likeness (QED) is 0.818. The van der Waals surface area contributed by atoms with Crippen molar-refractivity contribution in [2.24, 2.45) is 0 Å². The zero-order valence-electron chi connectivity index (χ0n) is 11.0. The van der Waals surface area contributed by atoms with Gasteiger partial charge >= 0.3 is 0 Å². The minimum absolute atomic E-state index is 0.564. The van der Waals surface area contributed by atoms with Crippen molar-refractivity contribution in [3.05, 3.63) is 24.3 Å². The van der Waals surface area contributed by atoms with E-state index in [4.69, 9.17) is 21.7 Å². The molecule has 1 aromatic carbocycles. The fraction of sp³-hybridized carbons (Fsp3) is 0.462. The second-order valence-electron chi connectivity index (χ2n) is 4.09. The van der Waals surface area contributed by atoms with Crippen LogP contribution in [0.4, 0.5) is 5.69 Å². The van der Waals surface area contributed by atoms with E-state index in [1.807, 2.05) is 36.2 Å². The van der Waals surface area contributed by atoms with Gasteiger partial charge in [0, 0.05) is 13.1 Å². The van der Waals surface area contributed by atoms with Gasteiger partial charge in [0.25, 0.3) is 0 Å². The molecule has 104 valence electrons. The van der Waals surface area contributed by atoms with Gasteiger partial charge in [-0.25, -0.2) is 5.01 Å². The number of ether oxygens (including phenoxy) is 2. The second kappa shape index (κ2) is 7.28. The Morgan fingerprint density at radius 1 is 1.37 bits per heavy atom. The van der Waals surface area contributed by atoms with Crippen LogP contribution in [0.25, 0.3) is 0 Å². The summed E-state index contributed by atoms with van der Waals surface area (Å²) in [4.78, 5) is 0. The third kappa shape index (κ3) is 4.34. The summed E-state index contributed by atoms with van der Waals surface area (Å²) in [6, 6.07) is 7.75. The summed E-state index contributed by atoms with van der Waals surface area (Å²) in [6.45, 7) is 5.70. The van der Waals surface area contributed by atoms with Gasteiger partial charge in [0.05, 0.1) is 25.5 Å². The molecular weight excluding hydrogens is 262 g/mol. The van der Waals surface area contributed by atoms with Crippen molar-refractivity contribution in [2.45, 2.75) is 6.92 Å². The Kier molecular flexibility index (Phi) is 5.38. The number of hydrogen-bond acceptors (Lipinski definition) is 4. The molecule has 0 aliphatic carbocycles. The SMILES string of the molecule is CCOc1ccccc1NC(=S)NN1CCOCC1. The number of anilines is 1. The maximum Gasteiger partial charge on any atom is 0.185 e. The molecule has 1 heterocycles. The minimum atomic E-state index is 0.564. The van der Waals surface area contributed by atoms with Crippen LogP contribution in [0, 0.1) is 0 Å². The zero-order chi connectivity index (χ0) is 13.5. The average Bonchev–Trinajstić information content (AvgIpc) is 2.42. The Balaban J connectivity index is 1.90. The van der Waals surface area contributed by atoms with Crippen molar-refractivity contribution in [3.8, 4) is 5.75 Å². The molecule has 5 nitrogen and oxygen atoms in total. The number of nitrogens with one attached hydrogen (secondary N) is 2. The molecule has 0 radical (unpaired) electrons. The van der Waals surface area contributed by atoms with Crippen molar-refractivity contribution in [1.29, 1.82) is 0 Å². The number of hydrogen-bond donors (Lipinski definition) is 2. The van der Waals surface area contributed by atoms with Crippen LogP contribution in [0.2, 0.25) is 0 Å². The molecule has 0 amide bonds. The van der Waals surface area contributed by atoms with Gasteiger partial charge in [-0.05, 0) is 31.3 Å². The van der Waals surface area contributed by atoms with Gasteiger partial charge in [0.2, 0.25) is 0 Å². The van der Waals surface area contributed by atoms with E-state index in [2.05, 4.69) is 10.7 Å². The molecule has 2 rings (SSSR count). The number of benzene rings is 1. The standard InChI is InChI=1S/C13H19N3O2S/c1-2-18-12-6-4-3-5-11(12)14-13(19)15-16-7-9-17-10-8-16/h3-6H,2,7-10H2,1H3,(H2,14,15,19). The number of thiocarbonyl (C=S) groups is 1. The highest BCUT2D eigenvalue weighted by Crippen LogP contribution is 2.23. The van der Waals surface area contributed by atoms with Gasteiger partial charge in [0.15, 0.2) is 5.11 Å². The Morgan fingerprint density at radius 2 is 2.11 bits per heavy atom. The molecule has 2 N–H and O–H groups in total. The molecule has 0 unspecified atom stereocenters. The summed E-state index contributed by atoms with van der Waals surface area (Å²) in [5, 5.41) is 5.76. The zero-order valence-corrected chi connectivity index (χ0v) is 11.8. The van der Waals surface area contributed by atoms with Crippen molar-refractivity contribution in [1.82, 2.24) is 10.4 Å². The number of rotatable bonds is 4. The third-order valence-corrected chi connectivity index (χ3v) is 2.90. The molecule has 0 aromatic heterocycles. The summed E-state index contributed by atoms with van der Waals surface area (Å²) in [6.07, 6.45) is 0. The van der Waals surface area contributed by atoms with Crippen LogP contribution >= 0.6 is 12.2 Å². The fourth-order valence-corrected chi connectivity index (χ4v) is 2.06. The van der Waals surface area contributed by atoms with Crippen LogP contribution in [0.15, 0.2) is 24.3 Å². The van der Waals surface area contributed by atoms with E-state index in [9.17, 15) is 0 Å². The Morgan fingerprint density at radius 3 is 2.84 bits per heavy atom. The molecule has 0 saturated carbocycles. The number of para-hydroxylation sites is 2. The molecule has 1 fully saturated rings. The predicted molar refractivity (Wildman–Crippen MR) is 79.4 cm³/mol. The highest BCUT2D eigenvalue weighted by Gasteiger charge is 2.12. The average molecular weight is 281 g/mol. The van der Waals surface area contributed by atoms with Gasteiger partial charge < -0.3 is 14.8 Å². The van der Waals surface area contributed by atoms with E-state index < -0.39 is 0 Å². The predicted octanol–water partition coefficient (Wildman–Crippen LogP) is 1.62. The van der Waals surface area contributed by atoms with Crippen LogP contribution in [0.3, 0.4) is 0 Å². The van der Waals surface area contributed by atoms with Gasteiger partial charge in [-0.2, -0.15) is 0 Å². The summed E-state index contributed by atoms with van der Waals surface area (Å²) < 4.78 is 10.8. The topological polar surface area (TPSA) is 45.8 Å². The number of hydrazine groups is 1. The highest BCUT2D eigenvalue weighted by atomic mass is 32.1. The van der Waals surface area contributed by atoms with E-state index >= 15 is 0 Å². The molecule has 0 spiro atoms. The fourth-order valence-electron chi connectivity index (χ4n) is 1.82. The van der Waals surface area contributed by atoms with Crippen LogP contribution in [-0.4, -0.2) is 43.0 Å². The van der Waals surface area contributed by atoms with Crippen molar-refractivity contribution >= 4 is 23.0 Å². The molecule has 1 aliphatic rings. The molecule has 0 bridgehead atoms. The maximum atomic E-state index is 5.54. The van der Waals surface area contributed by atoms with Crippen molar-refractivity contribution < 1.29 is 9.47 Å². The lowest BCUT2D eigenvalue weighted by Crippen LogP contribution is -2.49. The molecule has 6 heteroatoms. The minimum Gasteiger partial charge on any atom is -0.492 e. The third-order valence-electron chi connectivity index (χ3n) is 2.71. The summed E-state index contributed by atoms with van der Waals surface area (Å²) in [5.41, 5.74) is 4.03. The van der Waals surface area contributed by atoms with Gasteiger partial charge in [-0.1, -0.05) is 12.1 Å². The summed E-state index contributed by atoms with van der Waals surface area (Å²) in [5.74, 6) is 0.802. The first kappa shape index (κ1) is 14.0. The van der Waals surface area contributed by atoms with Gasteiger partial charge in [-0.15, -0.1) is 0 Å².